The summed E-state index contributed by atoms with van der Waals surface area (Å²) < 4.78 is 11.2. The summed E-state index contributed by atoms with van der Waals surface area (Å²) in [4.78, 5) is 44.2. The number of fused-ring (bicyclic) bond motifs is 1. The van der Waals surface area contributed by atoms with Crippen LogP contribution in [-0.2, 0) is 4.79 Å². The normalized spacial score (nSPS) is 10.7. The number of hydrogen-bond acceptors (Lipinski definition) is 6. The zero-order valence-electron chi connectivity index (χ0n) is 20.1. The maximum Gasteiger partial charge on any atom is 0.323 e. The van der Waals surface area contributed by atoms with Crippen LogP contribution < -0.4 is 26.0 Å². The van der Waals surface area contributed by atoms with Crippen LogP contribution in [0.4, 0.5) is 28.0 Å². The quantitative estimate of drug-likeness (QED) is 0.208. The van der Waals surface area contributed by atoms with E-state index in [0.29, 0.717) is 57.7 Å². The number of carbonyl (C=O) groups is 3. The Kier molecular flexibility index (Phi) is 6.47. The van der Waals surface area contributed by atoms with E-state index in [1.807, 2.05) is 6.92 Å². The van der Waals surface area contributed by atoms with Gasteiger partial charge in [-0.1, -0.05) is 6.07 Å². The van der Waals surface area contributed by atoms with Crippen LogP contribution in [0, 0.1) is 6.92 Å². The van der Waals surface area contributed by atoms with Crippen molar-refractivity contribution in [2.75, 3.05) is 15.5 Å². The predicted molar refractivity (Wildman–Crippen MR) is 142 cm³/mol. The molecular weight excluding hydrogens is 488 g/mol. The van der Waals surface area contributed by atoms with Crippen LogP contribution in [0.5, 0.6) is 11.5 Å². The molecule has 2 heterocycles. The van der Waals surface area contributed by atoms with Gasteiger partial charge in [-0.25, -0.2) is 14.7 Å². The molecule has 5 aromatic rings. The molecule has 0 saturated carbocycles. The van der Waals surface area contributed by atoms with Gasteiger partial charge in [-0.15, -0.1) is 0 Å². The van der Waals surface area contributed by atoms with E-state index in [1.54, 1.807) is 66.7 Å². The lowest BCUT2D eigenvalue weighted by atomic mass is 10.1. The molecule has 0 aliphatic heterocycles. The number of aromatic nitrogens is 2. The number of furan rings is 1. The van der Waals surface area contributed by atoms with E-state index in [9.17, 15) is 14.4 Å². The highest BCUT2D eigenvalue weighted by Gasteiger charge is 2.16. The Hall–Kier alpha value is -5.58. The van der Waals surface area contributed by atoms with E-state index in [2.05, 4.69) is 20.6 Å². The fourth-order valence-electron chi connectivity index (χ4n) is 3.70. The first-order chi connectivity index (χ1) is 18.4. The van der Waals surface area contributed by atoms with Crippen molar-refractivity contribution in [3.8, 4) is 11.5 Å². The first-order valence-electron chi connectivity index (χ1n) is 11.4. The van der Waals surface area contributed by atoms with Crippen molar-refractivity contribution in [1.29, 1.82) is 0 Å². The maximum atomic E-state index is 12.5. The Bertz CT molecular complexity index is 1630. The summed E-state index contributed by atoms with van der Waals surface area (Å²) in [7, 11) is 0. The fourth-order valence-corrected chi connectivity index (χ4v) is 3.70. The lowest BCUT2D eigenvalue weighted by Crippen LogP contribution is -2.20. The van der Waals surface area contributed by atoms with Crippen molar-refractivity contribution < 1.29 is 23.5 Å². The molecule has 190 valence electrons. The molecule has 5 rings (SSSR count). The molecule has 0 saturated heterocycles. The summed E-state index contributed by atoms with van der Waals surface area (Å²) in [5, 5.41) is 5.45. The molecular formula is C27H22N6O5. The minimum absolute atomic E-state index is 0.301. The van der Waals surface area contributed by atoms with Gasteiger partial charge in [0.2, 0.25) is 24.1 Å². The highest BCUT2D eigenvalue weighted by Crippen LogP contribution is 2.29. The molecule has 3 aromatic carbocycles. The topological polar surface area (TPSA) is 156 Å². The average molecular weight is 511 g/mol. The van der Waals surface area contributed by atoms with Crippen LogP contribution >= 0.6 is 0 Å². The van der Waals surface area contributed by atoms with Gasteiger partial charge >= 0.3 is 6.03 Å². The van der Waals surface area contributed by atoms with Crippen LogP contribution in [0.3, 0.4) is 0 Å². The molecule has 0 aliphatic carbocycles. The minimum atomic E-state index is -0.576. The van der Waals surface area contributed by atoms with Gasteiger partial charge in [0, 0.05) is 29.1 Å². The standard InChI is InChI=1S/C27H22N6O5/c1-16-4-5-17(25(28)35)13-22(16)32-27(36)29-18-6-8-19(9-7-18)38-20-10-11-21-23(14-20)31-26(30-21)33(15-34)24-3-2-12-37-24/h2-15H,1H3,(H2,28,35)(H,30,31)(H2,29,32,36). The van der Waals surface area contributed by atoms with Gasteiger partial charge in [0.05, 0.1) is 17.3 Å². The van der Waals surface area contributed by atoms with Crippen LogP contribution in [0.15, 0.2) is 83.5 Å². The number of rotatable bonds is 8. The lowest BCUT2D eigenvalue weighted by Gasteiger charge is -2.11. The number of hydrogen-bond donors (Lipinski definition) is 4. The van der Waals surface area contributed by atoms with E-state index in [0.717, 1.165) is 5.56 Å². The summed E-state index contributed by atoms with van der Waals surface area (Å²) in [6, 6.07) is 19.8. The second kappa shape index (κ2) is 10.2. The van der Waals surface area contributed by atoms with Crippen LogP contribution in [-0.4, -0.2) is 28.3 Å². The predicted octanol–water partition coefficient (Wildman–Crippen LogP) is 5.29. The third-order valence-corrected chi connectivity index (χ3v) is 5.64. The van der Waals surface area contributed by atoms with E-state index < -0.39 is 11.9 Å². The fraction of sp³-hybridized carbons (Fsp3) is 0.0370. The number of nitrogens with zero attached hydrogens (tertiary/aromatic N) is 2. The number of anilines is 4. The largest absolute Gasteiger partial charge is 0.457 e. The number of carbonyl (C=O) groups excluding carboxylic acids is 3. The number of aryl methyl sites for hydroxylation is 1. The van der Waals surface area contributed by atoms with E-state index in [4.69, 9.17) is 14.9 Å². The molecule has 0 unspecified atom stereocenters. The number of H-pyrrole nitrogens is 1. The first kappa shape index (κ1) is 24.1. The number of benzene rings is 3. The Balaban J connectivity index is 1.24. The van der Waals surface area contributed by atoms with Gasteiger partial charge in [-0.05, 0) is 67.1 Å². The summed E-state index contributed by atoms with van der Waals surface area (Å²) in [5.41, 5.74) is 8.74. The Morgan fingerprint density at radius 3 is 2.53 bits per heavy atom. The molecule has 2 aromatic heterocycles. The second-order valence-electron chi connectivity index (χ2n) is 8.27. The summed E-state index contributed by atoms with van der Waals surface area (Å²) in [5.74, 6) is 1.16. The van der Waals surface area contributed by atoms with Crippen molar-refractivity contribution >= 4 is 52.6 Å². The van der Waals surface area contributed by atoms with Crippen molar-refractivity contribution in [3.63, 3.8) is 0 Å². The smallest absolute Gasteiger partial charge is 0.323 e. The molecule has 0 aliphatic rings. The van der Waals surface area contributed by atoms with Gasteiger partial charge in [-0.3, -0.25) is 9.59 Å². The van der Waals surface area contributed by atoms with Crippen LogP contribution in [0.25, 0.3) is 11.0 Å². The van der Waals surface area contributed by atoms with Gasteiger partial charge < -0.3 is 30.5 Å². The van der Waals surface area contributed by atoms with E-state index in [-0.39, 0.29) is 0 Å². The SMILES string of the molecule is Cc1ccc(C(N)=O)cc1NC(=O)Nc1ccc(Oc2ccc3[nH]c(N(C=O)c4ccco4)nc3c2)cc1. The van der Waals surface area contributed by atoms with Crippen molar-refractivity contribution in [1.82, 2.24) is 9.97 Å². The van der Waals surface area contributed by atoms with Gasteiger partial charge in [0.1, 0.15) is 11.5 Å². The average Bonchev–Trinajstić information content (AvgIpc) is 3.57. The monoisotopic (exact) mass is 510 g/mol. The summed E-state index contributed by atoms with van der Waals surface area (Å²) >= 11 is 0. The van der Waals surface area contributed by atoms with Crippen molar-refractivity contribution in [2.45, 2.75) is 6.92 Å². The van der Waals surface area contributed by atoms with Crippen LogP contribution in [0.2, 0.25) is 0 Å². The third kappa shape index (κ3) is 5.16. The molecule has 38 heavy (non-hydrogen) atoms. The van der Waals surface area contributed by atoms with Gasteiger partial charge in [-0.2, -0.15) is 0 Å². The number of primary amides is 1. The van der Waals surface area contributed by atoms with Crippen molar-refractivity contribution in [3.05, 3.63) is 90.2 Å². The molecule has 11 nitrogen and oxygen atoms in total. The second-order valence-corrected chi connectivity index (χ2v) is 8.27. The van der Waals surface area contributed by atoms with Crippen molar-refractivity contribution in [2.24, 2.45) is 5.73 Å². The molecule has 0 radical (unpaired) electrons. The van der Waals surface area contributed by atoms with Crippen LogP contribution in [0.1, 0.15) is 15.9 Å². The lowest BCUT2D eigenvalue weighted by molar-refractivity contribution is -0.107. The highest BCUT2D eigenvalue weighted by molar-refractivity contribution is 6.01. The Morgan fingerprint density at radius 1 is 1.03 bits per heavy atom. The Morgan fingerprint density at radius 2 is 1.82 bits per heavy atom. The number of urea groups is 1. The molecule has 4 amide bonds. The molecule has 0 fully saturated rings. The number of amides is 4. The number of nitrogens with one attached hydrogen (secondary N) is 3. The third-order valence-electron chi connectivity index (χ3n) is 5.64. The Labute approximate surface area is 216 Å². The molecule has 0 spiro atoms. The maximum absolute atomic E-state index is 12.5. The van der Waals surface area contributed by atoms with Gasteiger partial charge in [0.15, 0.2) is 0 Å². The number of ether oxygens (including phenoxy) is 1. The van der Waals surface area contributed by atoms with E-state index in [1.165, 1.54) is 17.2 Å². The number of imidazole rings is 1. The minimum Gasteiger partial charge on any atom is -0.457 e. The molecule has 11 heteroatoms. The summed E-state index contributed by atoms with van der Waals surface area (Å²) in [6.07, 6.45) is 2.09. The number of aromatic amines is 1. The zero-order valence-corrected chi connectivity index (χ0v) is 20.1. The molecule has 0 atom stereocenters. The molecule has 0 bridgehead atoms. The molecule has 5 N–H and O–H groups in total. The highest BCUT2D eigenvalue weighted by atomic mass is 16.5. The number of nitrogens with two attached hydrogens (primary N) is 1. The summed E-state index contributed by atoms with van der Waals surface area (Å²) in [6.45, 7) is 1.81. The zero-order chi connectivity index (χ0) is 26.6. The van der Waals surface area contributed by atoms with E-state index >= 15 is 0 Å². The first-order valence-corrected chi connectivity index (χ1v) is 11.4. The van der Waals surface area contributed by atoms with Gasteiger partial charge in [0.25, 0.3) is 0 Å².